The van der Waals surface area contributed by atoms with Gasteiger partial charge in [0.05, 0.1) is 5.92 Å². The van der Waals surface area contributed by atoms with Crippen LogP contribution < -0.4 is 10.6 Å². The summed E-state index contributed by atoms with van der Waals surface area (Å²) >= 11 is 0. The monoisotopic (exact) mass is 298 g/mol. The largest absolute Gasteiger partial charge is 0.481 e. The second-order valence-corrected chi connectivity index (χ2v) is 5.56. The highest BCUT2D eigenvalue weighted by molar-refractivity contribution is 5.80. The first-order valence-electron chi connectivity index (χ1n) is 7.83. The Labute approximate surface area is 125 Å². The van der Waals surface area contributed by atoms with Crippen molar-refractivity contribution in [1.82, 2.24) is 10.6 Å². The van der Waals surface area contributed by atoms with Gasteiger partial charge in [0.25, 0.3) is 0 Å². The molecule has 1 saturated carbocycles. The second-order valence-electron chi connectivity index (χ2n) is 5.56. The summed E-state index contributed by atoms with van der Waals surface area (Å²) < 4.78 is 0. The van der Waals surface area contributed by atoms with E-state index in [1.54, 1.807) is 0 Å². The van der Waals surface area contributed by atoms with Gasteiger partial charge < -0.3 is 15.7 Å². The molecule has 1 aliphatic carbocycles. The standard InChI is InChI=1S/C15H26N2O4/c1-2-16-13(18)9-6-10-14(19)17-12-8-5-3-4-7-11(12)15(20)21/h11-12H,2-10H2,1H3,(H,16,18)(H,17,19)(H,20,21)/t11-,12+/m1/s1. The fraction of sp³-hybridized carbons (Fsp3) is 0.800. The van der Waals surface area contributed by atoms with E-state index in [0.29, 0.717) is 25.8 Å². The summed E-state index contributed by atoms with van der Waals surface area (Å²) in [6.45, 7) is 2.44. The van der Waals surface area contributed by atoms with Crippen molar-refractivity contribution in [3.8, 4) is 0 Å². The third-order valence-electron chi connectivity index (χ3n) is 3.86. The molecule has 0 aromatic rings. The van der Waals surface area contributed by atoms with Crippen molar-refractivity contribution in [2.24, 2.45) is 5.92 Å². The molecular weight excluding hydrogens is 272 g/mol. The summed E-state index contributed by atoms with van der Waals surface area (Å²) in [5, 5.41) is 14.8. The minimum absolute atomic E-state index is 0.0526. The van der Waals surface area contributed by atoms with Gasteiger partial charge >= 0.3 is 5.97 Å². The van der Waals surface area contributed by atoms with E-state index in [0.717, 1.165) is 25.7 Å². The predicted octanol–water partition coefficient (Wildman–Crippen LogP) is 1.44. The maximum Gasteiger partial charge on any atom is 0.308 e. The Hall–Kier alpha value is -1.59. The molecule has 1 aliphatic rings. The van der Waals surface area contributed by atoms with Gasteiger partial charge in [-0.1, -0.05) is 19.3 Å². The van der Waals surface area contributed by atoms with Crippen molar-refractivity contribution in [1.29, 1.82) is 0 Å². The number of carboxylic acid groups (broad SMARTS) is 1. The first kappa shape index (κ1) is 17.5. The van der Waals surface area contributed by atoms with E-state index in [2.05, 4.69) is 10.6 Å². The Morgan fingerprint density at radius 3 is 2.38 bits per heavy atom. The number of carbonyl (C=O) groups excluding carboxylic acids is 2. The minimum Gasteiger partial charge on any atom is -0.481 e. The van der Waals surface area contributed by atoms with Crippen LogP contribution in [0.3, 0.4) is 0 Å². The average molecular weight is 298 g/mol. The zero-order valence-electron chi connectivity index (χ0n) is 12.7. The molecule has 0 bridgehead atoms. The quantitative estimate of drug-likeness (QED) is 0.620. The lowest BCUT2D eigenvalue weighted by Crippen LogP contribution is -2.42. The van der Waals surface area contributed by atoms with E-state index < -0.39 is 11.9 Å². The molecule has 0 aromatic carbocycles. The van der Waals surface area contributed by atoms with Crippen molar-refractivity contribution in [2.75, 3.05) is 6.54 Å². The Kier molecular flexibility index (Phi) is 7.79. The molecule has 0 aromatic heterocycles. The topological polar surface area (TPSA) is 95.5 Å². The molecule has 21 heavy (non-hydrogen) atoms. The number of hydrogen-bond donors (Lipinski definition) is 3. The fourth-order valence-corrected chi connectivity index (χ4v) is 2.75. The average Bonchev–Trinajstić information content (AvgIpc) is 2.64. The molecule has 1 rings (SSSR count). The lowest BCUT2D eigenvalue weighted by atomic mass is 9.94. The Morgan fingerprint density at radius 2 is 1.71 bits per heavy atom. The highest BCUT2D eigenvalue weighted by Crippen LogP contribution is 2.24. The van der Waals surface area contributed by atoms with Crippen LogP contribution in [0.1, 0.15) is 58.3 Å². The molecular formula is C15H26N2O4. The van der Waals surface area contributed by atoms with Gasteiger partial charge in [-0.15, -0.1) is 0 Å². The van der Waals surface area contributed by atoms with Crippen molar-refractivity contribution >= 4 is 17.8 Å². The van der Waals surface area contributed by atoms with Gasteiger partial charge in [0, 0.05) is 25.4 Å². The second kappa shape index (κ2) is 9.37. The normalized spacial score (nSPS) is 22.1. The van der Waals surface area contributed by atoms with Crippen molar-refractivity contribution in [3.63, 3.8) is 0 Å². The van der Waals surface area contributed by atoms with Gasteiger partial charge in [-0.2, -0.15) is 0 Å². The first-order valence-corrected chi connectivity index (χ1v) is 7.83. The smallest absolute Gasteiger partial charge is 0.308 e. The molecule has 0 aliphatic heterocycles. The lowest BCUT2D eigenvalue weighted by molar-refractivity contribution is -0.143. The number of amides is 2. The van der Waals surface area contributed by atoms with E-state index >= 15 is 0 Å². The van der Waals surface area contributed by atoms with Gasteiger partial charge in [0.15, 0.2) is 0 Å². The molecule has 0 radical (unpaired) electrons. The summed E-state index contributed by atoms with van der Waals surface area (Å²) in [7, 11) is 0. The number of nitrogens with one attached hydrogen (secondary N) is 2. The van der Waals surface area contributed by atoms with Gasteiger partial charge in [0.2, 0.25) is 11.8 Å². The molecule has 1 fully saturated rings. The van der Waals surface area contributed by atoms with E-state index in [9.17, 15) is 19.5 Å². The summed E-state index contributed by atoms with van der Waals surface area (Å²) in [4.78, 5) is 34.4. The maximum absolute atomic E-state index is 11.9. The molecule has 0 unspecified atom stereocenters. The Bertz CT molecular complexity index is 371. The van der Waals surface area contributed by atoms with Crippen molar-refractivity contribution in [3.05, 3.63) is 0 Å². The highest BCUT2D eigenvalue weighted by atomic mass is 16.4. The van der Waals surface area contributed by atoms with E-state index in [1.165, 1.54) is 0 Å². The van der Waals surface area contributed by atoms with Crippen LogP contribution in [0.25, 0.3) is 0 Å². The summed E-state index contributed by atoms with van der Waals surface area (Å²) in [5.41, 5.74) is 0. The SMILES string of the molecule is CCNC(=O)CCCC(=O)N[C@H]1CCCCC[C@H]1C(=O)O. The van der Waals surface area contributed by atoms with Crippen LogP contribution >= 0.6 is 0 Å². The number of aliphatic carboxylic acids is 1. The van der Waals surface area contributed by atoms with Crippen LogP contribution in [0.2, 0.25) is 0 Å². The third-order valence-corrected chi connectivity index (χ3v) is 3.86. The molecule has 2 amide bonds. The van der Waals surface area contributed by atoms with Crippen LogP contribution in [0.4, 0.5) is 0 Å². The number of rotatable bonds is 7. The molecule has 2 atom stereocenters. The number of hydrogen-bond acceptors (Lipinski definition) is 3. The molecule has 0 saturated heterocycles. The molecule has 0 spiro atoms. The van der Waals surface area contributed by atoms with Crippen molar-refractivity contribution < 1.29 is 19.5 Å². The Balaban J connectivity index is 2.37. The van der Waals surface area contributed by atoms with Crippen LogP contribution in [0.15, 0.2) is 0 Å². The number of carbonyl (C=O) groups is 3. The summed E-state index contributed by atoms with van der Waals surface area (Å²) in [5.74, 6) is -1.52. The van der Waals surface area contributed by atoms with Crippen LogP contribution in [-0.4, -0.2) is 35.5 Å². The van der Waals surface area contributed by atoms with Gasteiger partial charge in [-0.25, -0.2) is 0 Å². The van der Waals surface area contributed by atoms with E-state index in [1.807, 2.05) is 6.92 Å². The first-order chi connectivity index (χ1) is 10.0. The maximum atomic E-state index is 11.9. The molecule has 0 heterocycles. The number of carboxylic acids is 1. The van der Waals surface area contributed by atoms with Gasteiger partial charge in [-0.05, 0) is 26.2 Å². The van der Waals surface area contributed by atoms with E-state index in [4.69, 9.17) is 0 Å². The van der Waals surface area contributed by atoms with Crippen LogP contribution in [0, 0.1) is 5.92 Å². The third kappa shape index (κ3) is 6.60. The van der Waals surface area contributed by atoms with E-state index in [-0.39, 0.29) is 24.3 Å². The zero-order valence-corrected chi connectivity index (χ0v) is 12.7. The molecule has 6 nitrogen and oxygen atoms in total. The van der Waals surface area contributed by atoms with Gasteiger partial charge in [-0.3, -0.25) is 14.4 Å². The molecule has 120 valence electrons. The van der Waals surface area contributed by atoms with Crippen LogP contribution in [-0.2, 0) is 14.4 Å². The Morgan fingerprint density at radius 1 is 1.05 bits per heavy atom. The minimum atomic E-state index is -0.829. The zero-order chi connectivity index (χ0) is 15.7. The lowest BCUT2D eigenvalue weighted by Gasteiger charge is -2.22. The van der Waals surface area contributed by atoms with Crippen LogP contribution in [0.5, 0.6) is 0 Å². The van der Waals surface area contributed by atoms with Gasteiger partial charge in [0.1, 0.15) is 0 Å². The highest BCUT2D eigenvalue weighted by Gasteiger charge is 2.30. The molecule has 6 heteroatoms. The summed E-state index contributed by atoms with van der Waals surface area (Å²) in [6.07, 6.45) is 5.30. The van der Waals surface area contributed by atoms with Crippen molar-refractivity contribution in [2.45, 2.75) is 64.3 Å². The predicted molar refractivity (Wildman–Crippen MR) is 78.7 cm³/mol. The fourth-order valence-electron chi connectivity index (χ4n) is 2.75. The summed E-state index contributed by atoms with van der Waals surface area (Å²) in [6, 6.07) is -0.276. The molecule has 3 N–H and O–H groups in total.